The molecule has 33 heavy (non-hydrogen) atoms. The molecule has 0 bridgehead atoms. The molecule has 2 aromatic rings. The number of piperidine rings is 1. The number of anilines is 1. The Labute approximate surface area is 195 Å². The van der Waals surface area contributed by atoms with Gasteiger partial charge in [0.25, 0.3) is 0 Å². The Hall–Kier alpha value is -2.78. The van der Waals surface area contributed by atoms with Crippen LogP contribution in [0.3, 0.4) is 0 Å². The summed E-state index contributed by atoms with van der Waals surface area (Å²) in [6.07, 6.45) is 5.23. The summed E-state index contributed by atoms with van der Waals surface area (Å²) in [5, 5.41) is -0.483. The zero-order valence-electron chi connectivity index (χ0n) is 19.1. The lowest BCUT2D eigenvalue weighted by Gasteiger charge is -2.32. The average molecular weight is 474 g/mol. The molecule has 1 aliphatic rings. The van der Waals surface area contributed by atoms with Gasteiger partial charge in [-0.2, -0.15) is 4.39 Å². The Morgan fingerprint density at radius 1 is 1.27 bits per heavy atom. The maximum absolute atomic E-state index is 13.2. The Morgan fingerprint density at radius 2 is 2.00 bits per heavy atom. The summed E-state index contributed by atoms with van der Waals surface area (Å²) < 4.78 is 40.2. The van der Waals surface area contributed by atoms with Gasteiger partial charge in [0.15, 0.2) is 0 Å². The van der Waals surface area contributed by atoms with Gasteiger partial charge in [0, 0.05) is 18.4 Å². The number of benzene rings is 1. The van der Waals surface area contributed by atoms with Gasteiger partial charge in [-0.1, -0.05) is 18.2 Å². The van der Waals surface area contributed by atoms with Crippen molar-refractivity contribution >= 4 is 21.9 Å². The minimum Gasteiger partial charge on any atom is -0.404 e. The predicted octanol–water partition coefficient (Wildman–Crippen LogP) is 3.66. The molecule has 0 unspecified atom stereocenters. The van der Waals surface area contributed by atoms with Crippen molar-refractivity contribution < 1.29 is 12.8 Å². The summed E-state index contributed by atoms with van der Waals surface area (Å²) in [6, 6.07) is 12.4. The largest absolute Gasteiger partial charge is 0.404 e. The lowest BCUT2D eigenvalue weighted by molar-refractivity contribution is 0.230. The molecule has 0 amide bonds. The molecule has 1 saturated heterocycles. The SMILES string of the molecule is CC(C)S(=O)(=O)Nc1cccc(C2CCN(CC(C=NCc3cccc(F)n3)=CN)CC2)c1. The lowest BCUT2D eigenvalue weighted by atomic mass is 9.89. The highest BCUT2D eigenvalue weighted by Crippen LogP contribution is 2.30. The molecule has 0 aliphatic carbocycles. The fraction of sp³-hybridized carbons (Fsp3) is 0.417. The molecule has 0 spiro atoms. The molecular formula is C24H32FN5O2S. The number of aliphatic imine (C=N–C) groups is 1. The van der Waals surface area contributed by atoms with Gasteiger partial charge in [0.2, 0.25) is 16.0 Å². The normalized spacial score (nSPS) is 16.5. The van der Waals surface area contributed by atoms with Crippen LogP contribution in [0, 0.1) is 5.95 Å². The van der Waals surface area contributed by atoms with Crippen LogP contribution in [0.15, 0.2) is 59.2 Å². The fourth-order valence-corrected chi connectivity index (χ4v) is 4.44. The number of nitrogens with one attached hydrogen (secondary N) is 1. The monoisotopic (exact) mass is 473 g/mol. The number of hydrogen-bond acceptors (Lipinski definition) is 6. The van der Waals surface area contributed by atoms with E-state index >= 15 is 0 Å². The molecule has 178 valence electrons. The summed E-state index contributed by atoms with van der Waals surface area (Å²) in [5.74, 6) is -0.134. The minimum atomic E-state index is -3.36. The predicted molar refractivity (Wildman–Crippen MR) is 131 cm³/mol. The fourth-order valence-electron chi connectivity index (χ4n) is 3.75. The molecule has 1 aromatic heterocycles. The van der Waals surface area contributed by atoms with Crippen LogP contribution in [0.2, 0.25) is 0 Å². The van der Waals surface area contributed by atoms with Crippen LogP contribution in [0.25, 0.3) is 0 Å². The van der Waals surface area contributed by atoms with Crippen molar-refractivity contribution in [3.63, 3.8) is 0 Å². The van der Waals surface area contributed by atoms with Gasteiger partial charge in [-0.05, 0) is 87.3 Å². The van der Waals surface area contributed by atoms with E-state index in [0.29, 0.717) is 30.4 Å². The number of hydrogen-bond donors (Lipinski definition) is 2. The van der Waals surface area contributed by atoms with E-state index in [4.69, 9.17) is 5.73 Å². The Balaban J connectivity index is 1.52. The first-order valence-electron chi connectivity index (χ1n) is 11.1. The van der Waals surface area contributed by atoms with E-state index in [1.54, 1.807) is 44.5 Å². The minimum absolute atomic E-state index is 0.300. The number of nitrogens with zero attached hydrogens (tertiary/aromatic N) is 3. The van der Waals surface area contributed by atoms with Crippen LogP contribution >= 0.6 is 0 Å². The molecule has 0 saturated carbocycles. The summed E-state index contributed by atoms with van der Waals surface area (Å²) >= 11 is 0. The highest BCUT2D eigenvalue weighted by atomic mass is 32.2. The van der Waals surface area contributed by atoms with E-state index in [0.717, 1.165) is 37.1 Å². The van der Waals surface area contributed by atoms with Gasteiger partial charge in [0.05, 0.1) is 17.5 Å². The van der Waals surface area contributed by atoms with Gasteiger partial charge in [0.1, 0.15) is 0 Å². The second kappa shape index (κ2) is 11.4. The molecule has 9 heteroatoms. The van der Waals surface area contributed by atoms with Crippen LogP contribution in [-0.2, 0) is 16.6 Å². The van der Waals surface area contributed by atoms with Crippen molar-refractivity contribution in [1.82, 2.24) is 9.88 Å². The number of halogens is 1. The molecule has 3 rings (SSSR count). The molecular weight excluding hydrogens is 441 g/mol. The third kappa shape index (κ3) is 7.36. The van der Waals surface area contributed by atoms with E-state index in [2.05, 4.69) is 25.7 Å². The standard InChI is InChI=1S/C24H32FN5O2S/c1-18(2)33(31,32)29-22-6-3-5-21(13-22)20-9-11-30(12-10-20)17-19(14-26)15-27-16-23-7-4-8-24(25)28-23/h3-8,13-15,18,20,29H,9-12,16-17,26H2,1-2H3. The second-order valence-corrected chi connectivity index (χ2v) is 10.8. The molecule has 0 atom stereocenters. The van der Waals surface area contributed by atoms with Crippen molar-refractivity contribution in [1.29, 1.82) is 0 Å². The lowest BCUT2D eigenvalue weighted by Crippen LogP contribution is -2.34. The maximum Gasteiger partial charge on any atom is 0.235 e. The highest BCUT2D eigenvalue weighted by Gasteiger charge is 2.22. The first kappa shape index (κ1) is 24.9. The van der Waals surface area contributed by atoms with Crippen molar-refractivity contribution in [3.8, 4) is 0 Å². The van der Waals surface area contributed by atoms with Gasteiger partial charge >= 0.3 is 0 Å². The summed E-state index contributed by atoms with van der Waals surface area (Å²) in [7, 11) is -3.36. The summed E-state index contributed by atoms with van der Waals surface area (Å²) in [6.45, 7) is 6.13. The van der Waals surface area contributed by atoms with Crippen molar-refractivity contribution in [2.24, 2.45) is 10.7 Å². The first-order chi connectivity index (χ1) is 15.8. The highest BCUT2D eigenvalue weighted by molar-refractivity contribution is 7.93. The number of aromatic nitrogens is 1. The zero-order valence-corrected chi connectivity index (χ0v) is 19.9. The van der Waals surface area contributed by atoms with Crippen LogP contribution < -0.4 is 10.5 Å². The third-order valence-electron chi connectivity index (χ3n) is 5.73. The number of rotatable bonds is 9. The van der Waals surface area contributed by atoms with E-state index in [-0.39, 0.29) is 0 Å². The van der Waals surface area contributed by atoms with Crippen molar-refractivity contribution in [3.05, 3.63) is 71.4 Å². The van der Waals surface area contributed by atoms with Gasteiger partial charge in [-0.25, -0.2) is 13.4 Å². The molecule has 2 heterocycles. The Morgan fingerprint density at radius 3 is 2.67 bits per heavy atom. The number of likely N-dealkylation sites (tertiary alicyclic amines) is 1. The number of sulfonamides is 1. The summed E-state index contributed by atoms with van der Waals surface area (Å²) in [4.78, 5) is 10.5. The first-order valence-corrected chi connectivity index (χ1v) is 12.7. The van der Waals surface area contributed by atoms with E-state index in [9.17, 15) is 12.8 Å². The van der Waals surface area contributed by atoms with Gasteiger partial charge in [-0.3, -0.25) is 14.6 Å². The maximum atomic E-state index is 13.2. The summed E-state index contributed by atoms with van der Waals surface area (Å²) in [5.41, 5.74) is 9.02. The van der Waals surface area contributed by atoms with E-state index < -0.39 is 21.2 Å². The van der Waals surface area contributed by atoms with Crippen LogP contribution in [0.1, 0.15) is 43.9 Å². The van der Waals surface area contributed by atoms with Crippen molar-refractivity contribution in [2.45, 2.75) is 44.4 Å². The quantitative estimate of drug-likeness (QED) is 0.428. The van der Waals surface area contributed by atoms with Crippen LogP contribution in [0.5, 0.6) is 0 Å². The Bertz CT molecular complexity index is 1090. The Kier molecular flexibility index (Phi) is 8.57. The molecule has 1 fully saturated rings. The number of pyridine rings is 1. The molecule has 3 N–H and O–H groups in total. The third-order valence-corrected chi connectivity index (χ3v) is 7.49. The van der Waals surface area contributed by atoms with Crippen LogP contribution in [0.4, 0.5) is 10.1 Å². The van der Waals surface area contributed by atoms with Crippen molar-refractivity contribution in [2.75, 3.05) is 24.4 Å². The zero-order chi connectivity index (χ0) is 23.8. The van der Waals surface area contributed by atoms with Crippen LogP contribution in [-0.4, -0.2) is 49.4 Å². The molecule has 0 radical (unpaired) electrons. The van der Waals surface area contributed by atoms with E-state index in [1.807, 2.05) is 12.1 Å². The smallest absolute Gasteiger partial charge is 0.235 e. The van der Waals surface area contributed by atoms with Gasteiger partial charge < -0.3 is 5.73 Å². The topological polar surface area (TPSA) is 101 Å². The molecule has 1 aliphatic heterocycles. The van der Waals surface area contributed by atoms with E-state index in [1.165, 1.54) is 6.07 Å². The molecule has 1 aromatic carbocycles. The number of nitrogens with two attached hydrogens (primary N) is 1. The molecule has 7 nitrogen and oxygen atoms in total. The second-order valence-electron chi connectivity index (χ2n) is 8.53. The van der Waals surface area contributed by atoms with Gasteiger partial charge in [-0.15, -0.1) is 0 Å². The average Bonchev–Trinajstić information content (AvgIpc) is 2.79.